The Labute approximate surface area is 133 Å². The molecule has 0 aromatic rings. The lowest BCUT2D eigenvalue weighted by Gasteiger charge is -2.32. The van der Waals surface area contributed by atoms with Gasteiger partial charge in [0.15, 0.2) is 0 Å². The number of aliphatic hydroxyl groups excluding tert-OH is 1. The fraction of sp³-hybridized carbons (Fsp3) is 0.867. The second-order valence-electron chi connectivity index (χ2n) is 6.91. The maximum atomic E-state index is 12.5. The van der Waals surface area contributed by atoms with Gasteiger partial charge < -0.3 is 15.7 Å². The lowest BCUT2D eigenvalue weighted by molar-refractivity contribution is -0.135. The van der Waals surface area contributed by atoms with Crippen molar-refractivity contribution in [3.05, 3.63) is 0 Å². The first kappa shape index (κ1) is 20.2. The Morgan fingerprint density at radius 1 is 1.19 bits per heavy atom. The highest BCUT2D eigenvalue weighted by atomic mass is 32.1. The molecule has 0 fully saturated rings. The Morgan fingerprint density at radius 2 is 1.71 bits per heavy atom. The van der Waals surface area contributed by atoms with Gasteiger partial charge in [-0.25, -0.2) is 0 Å². The number of aliphatic hydroxyl groups is 1. The van der Waals surface area contributed by atoms with Crippen molar-refractivity contribution in [3.8, 4) is 0 Å². The molecule has 2 amide bonds. The number of carbonyl (C=O) groups is 2. The molecule has 0 saturated carbocycles. The molecule has 0 aliphatic heterocycles. The van der Waals surface area contributed by atoms with Gasteiger partial charge in [0, 0.05) is 12.8 Å². The second kappa shape index (κ2) is 8.63. The maximum absolute atomic E-state index is 12.5. The summed E-state index contributed by atoms with van der Waals surface area (Å²) in [7, 11) is 1.54. The molecule has 21 heavy (non-hydrogen) atoms. The predicted octanol–water partition coefficient (Wildman–Crippen LogP) is 1.22. The van der Waals surface area contributed by atoms with E-state index < -0.39 is 23.5 Å². The van der Waals surface area contributed by atoms with Crippen molar-refractivity contribution in [2.75, 3.05) is 12.8 Å². The van der Waals surface area contributed by atoms with Crippen LogP contribution in [0.4, 0.5) is 0 Å². The monoisotopic (exact) mass is 318 g/mol. The highest BCUT2D eigenvalue weighted by Crippen LogP contribution is 2.22. The van der Waals surface area contributed by atoms with E-state index >= 15 is 0 Å². The zero-order valence-corrected chi connectivity index (χ0v) is 14.8. The van der Waals surface area contributed by atoms with Gasteiger partial charge in [-0.15, -0.1) is 0 Å². The number of thiol groups is 1. The van der Waals surface area contributed by atoms with Gasteiger partial charge in [0.2, 0.25) is 11.8 Å². The molecule has 0 spiro atoms. The van der Waals surface area contributed by atoms with E-state index in [1.807, 2.05) is 34.6 Å². The summed E-state index contributed by atoms with van der Waals surface area (Å²) in [6.45, 7) is 9.65. The van der Waals surface area contributed by atoms with E-state index in [-0.39, 0.29) is 23.5 Å². The summed E-state index contributed by atoms with van der Waals surface area (Å²) in [5.41, 5.74) is -0.413. The summed E-state index contributed by atoms with van der Waals surface area (Å²) in [5, 5.41) is 15.4. The smallest absolute Gasteiger partial charge is 0.242 e. The van der Waals surface area contributed by atoms with Gasteiger partial charge in [-0.2, -0.15) is 12.6 Å². The topological polar surface area (TPSA) is 78.4 Å². The van der Waals surface area contributed by atoms with Crippen LogP contribution in [0.15, 0.2) is 0 Å². The van der Waals surface area contributed by atoms with Crippen LogP contribution in [0.25, 0.3) is 0 Å². The summed E-state index contributed by atoms with van der Waals surface area (Å²) in [6.07, 6.45) is -0.265. The SMILES string of the molecule is CNC(=O)[C@@H](NC(=O)C(CC(C)C)C(O)CS)C(C)(C)C. The van der Waals surface area contributed by atoms with Gasteiger partial charge >= 0.3 is 0 Å². The van der Waals surface area contributed by atoms with Gasteiger partial charge in [-0.05, 0) is 17.8 Å². The lowest BCUT2D eigenvalue weighted by Crippen LogP contribution is -2.55. The molecule has 124 valence electrons. The van der Waals surface area contributed by atoms with E-state index in [9.17, 15) is 14.7 Å². The first-order chi connectivity index (χ1) is 9.54. The van der Waals surface area contributed by atoms with Crippen molar-refractivity contribution < 1.29 is 14.7 Å². The number of carbonyl (C=O) groups excluding carboxylic acids is 2. The minimum absolute atomic E-state index is 0.213. The van der Waals surface area contributed by atoms with E-state index in [4.69, 9.17) is 0 Å². The molecule has 5 nitrogen and oxygen atoms in total. The third-order valence-corrected chi connectivity index (χ3v) is 3.75. The molecule has 0 aliphatic carbocycles. The minimum Gasteiger partial charge on any atom is -0.391 e. The van der Waals surface area contributed by atoms with Gasteiger partial charge in [0.05, 0.1) is 12.0 Å². The summed E-state index contributed by atoms with van der Waals surface area (Å²) < 4.78 is 0. The Kier molecular flexibility index (Phi) is 8.33. The van der Waals surface area contributed by atoms with E-state index in [0.717, 1.165) is 0 Å². The second-order valence-corrected chi connectivity index (χ2v) is 7.27. The van der Waals surface area contributed by atoms with Gasteiger partial charge in [-0.3, -0.25) is 9.59 Å². The fourth-order valence-electron chi connectivity index (χ4n) is 2.14. The molecular weight excluding hydrogens is 288 g/mol. The first-order valence-electron chi connectivity index (χ1n) is 7.35. The summed E-state index contributed by atoms with van der Waals surface area (Å²) >= 11 is 4.07. The molecule has 6 heteroatoms. The molecule has 0 rings (SSSR count). The quantitative estimate of drug-likeness (QED) is 0.533. The average Bonchev–Trinajstić information content (AvgIpc) is 2.38. The number of amides is 2. The number of rotatable bonds is 7. The number of nitrogens with one attached hydrogen (secondary N) is 2. The third-order valence-electron chi connectivity index (χ3n) is 3.37. The standard InChI is InChI=1S/C15H30N2O3S/c1-9(2)7-10(11(18)8-21)13(19)17-12(14(20)16-6)15(3,4)5/h9-12,18,21H,7-8H2,1-6H3,(H,16,20)(H,17,19)/t10?,11?,12-/m1/s1. The zero-order chi connectivity index (χ0) is 16.8. The van der Waals surface area contributed by atoms with Crippen molar-refractivity contribution in [1.29, 1.82) is 0 Å². The lowest BCUT2D eigenvalue weighted by atomic mass is 9.84. The summed E-state index contributed by atoms with van der Waals surface area (Å²) in [5.74, 6) is -0.612. The Morgan fingerprint density at radius 3 is 2.05 bits per heavy atom. The fourth-order valence-corrected chi connectivity index (χ4v) is 2.40. The third kappa shape index (κ3) is 6.70. The molecule has 2 unspecified atom stereocenters. The number of hydrogen-bond acceptors (Lipinski definition) is 4. The molecule has 0 heterocycles. The molecule has 3 atom stereocenters. The van der Waals surface area contributed by atoms with Gasteiger partial charge in [-0.1, -0.05) is 34.6 Å². The van der Waals surface area contributed by atoms with Crippen LogP contribution < -0.4 is 10.6 Å². The molecule has 3 N–H and O–H groups in total. The van der Waals surface area contributed by atoms with Crippen LogP contribution in [-0.2, 0) is 9.59 Å². The Bertz CT molecular complexity index is 353. The van der Waals surface area contributed by atoms with Crippen molar-refractivity contribution in [1.82, 2.24) is 10.6 Å². The number of hydrogen-bond donors (Lipinski definition) is 4. The van der Waals surface area contributed by atoms with E-state index in [1.54, 1.807) is 7.05 Å². The van der Waals surface area contributed by atoms with E-state index in [2.05, 4.69) is 23.3 Å². The maximum Gasteiger partial charge on any atom is 0.242 e. The van der Waals surface area contributed by atoms with Crippen LogP contribution in [0, 0.1) is 17.3 Å². The Hall–Kier alpha value is -0.750. The zero-order valence-electron chi connectivity index (χ0n) is 13.9. The molecule has 0 aromatic carbocycles. The highest BCUT2D eigenvalue weighted by Gasteiger charge is 2.35. The molecule has 0 aliphatic rings. The molecular formula is C15H30N2O3S. The predicted molar refractivity (Wildman–Crippen MR) is 88.3 cm³/mol. The van der Waals surface area contributed by atoms with Crippen molar-refractivity contribution in [3.63, 3.8) is 0 Å². The summed E-state index contributed by atoms with van der Waals surface area (Å²) in [4.78, 5) is 24.4. The van der Waals surface area contributed by atoms with Crippen LogP contribution in [0.3, 0.4) is 0 Å². The van der Waals surface area contributed by atoms with Crippen LogP contribution in [-0.4, -0.2) is 41.9 Å². The van der Waals surface area contributed by atoms with Crippen molar-refractivity contribution in [2.45, 2.75) is 53.2 Å². The minimum atomic E-state index is -0.818. The molecule has 0 radical (unpaired) electrons. The van der Waals surface area contributed by atoms with Crippen LogP contribution >= 0.6 is 12.6 Å². The molecule has 0 bridgehead atoms. The van der Waals surface area contributed by atoms with Crippen LogP contribution in [0.2, 0.25) is 0 Å². The van der Waals surface area contributed by atoms with Gasteiger partial charge in [0.1, 0.15) is 6.04 Å². The largest absolute Gasteiger partial charge is 0.391 e. The van der Waals surface area contributed by atoms with E-state index in [1.165, 1.54) is 0 Å². The average molecular weight is 318 g/mol. The molecule has 0 saturated heterocycles. The number of likely N-dealkylation sites (N-methyl/N-ethyl adjacent to an activating group) is 1. The van der Waals surface area contributed by atoms with Crippen molar-refractivity contribution in [2.24, 2.45) is 17.3 Å². The summed E-state index contributed by atoms with van der Waals surface area (Å²) in [6, 6.07) is -0.642. The highest BCUT2D eigenvalue weighted by molar-refractivity contribution is 7.80. The van der Waals surface area contributed by atoms with Crippen LogP contribution in [0.1, 0.15) is 41.0 Å². The van der Waals surface area contributed by atoms with Crippen molar-refractivity contribution >= 4 is 24.4 Å². The van der Waals surface area contributed by atoms with E-state index in [0.29, 0.717) is 6.42 Å². The first-order valence-corrected chi connectivity index (χ1v) is 7.98. The Balaban J connectivity index is 5.12. The molecule has 0 aromatic heterocycles. The normalized spacial score (nSPS) is 16.2. The van der Waals surface area contributed by atoms with Gasteiger partial charge in [0.25, 0.3) is 0 Å². The van der Waals surface area contributed by atoms with Crippen LogP contribution in [0.5, 0.6) is 0 Å².